The molecule has 4 rings (SSSR count). The highest BCUT2D eigenvalue weighted by Crippen LogP contribution is 2.39. The zero-order chi connectivity index (χ0) is 30.3. The fourth-order valence-electron chi connectivity index (χ4n) is 3.94. The Morgan fingerprint density at radius 2 is 1.38 bits per heavy atom. The predicted octanol–water partition coefficient (Wildman–Crippen LogP) is 6.50. The molecule has 0 saturated carbocycles. The Balaban J connectivity index is 0.00000114. The standard InChI is InChI=1S/C31H29N3O4.BF3/c1-36-28-17-26(27(18-29(28)37-2)38-21-24-11-7-4-8-12-24)30(34-25-15-13-22(19-32)14-16-25)31(35)33-20-23-9-5-3-6-10-23;2-1(3)4/h3-18,30,34H,20-21H2,1-2H3,(H,33,35);. The monoisotopic (exact) mass is 575 g/mol. The molecule has 216 valence electrons. The van der Waals surface area contributed by atoms with Crippen molar-refractivity contribution in [3.63, 3.8) is 0 Å². The summed E-state index contributed by atoms with van der Waals surface area (Å²) in [5, 5.41) is 15.5. The average Bonchev–Trinajstić information content (AvgIpc) is 3.02. The van der Waals surface area contributed by atoms with Crippen LogP contribution < -0.4 is 24.8 Å². The predicted molar refractivity (Wildman–Crippen MR) is 155 cm³/mol. The van der Waals surface area contributed by atoms with E-state index in [-0.39, 0.29) is 5.91 Å². The molecular formula is C31H29BF3N3O4. The van der Waals surface area contributed by atoms with Gasteiger partial charge in [-0.25, -0.2) is 0 Å². The molecular weight excluding hydrogens is 546 g/mol. The zero-order valence-corrected chi connectivity index (χ0v) is 23.0. The van der Waals surface area contributed by atoms with Gasteiger partial charge in [0.25, 0.3) is 0 Å². The fourth-order valence-corrected chi connectivity index (χ4v) is 3.94. The molecule has 0 aliphatic heterocycles. The highest BCUT2D eigenvalue weighted by molar-refractivity contribution is 6.33. The molecule has 0 heterocycles. The van der Waals surface area contributed by atoms with Crippen molar-refractivity contribution >= 4 is 19.1 Å². The van der Waals surface area contributed by atoms with E-state index >= 15 is 0 Å². The SMILES string of the molecule is COc1cc(OCc2ccccc2)c(C(Nc2ccc(C#N)cc2)C(=O)NCc2ccccc2)cc1OC.FB(F)F. The van der Waals surface area contributed by atoms with Crippen LogP contribution in [0.15, 0.2) is 97.1 Å². The molecule has 0 aliphatic rings. The van der Waals surface area contributed by atoms with Crippen molar-refractivity contribution in [2.75, 3.05) is 19.5 Å². The summed E-state index contributed by atoms with van der Waals surface area (Å²) in [5.74, 6) is 1.18. The lowest BCUT2D eigenvalue weighted by molar-refractivity contribution is -0.122. The molecule has 4 aromatic carbocycles. The number of carbonyl (C=O) groups is 1. The second-order valence-electron chi connectivity index (χ2n) is 8.74. The van der Waals surface area contributed by atoms with E-state index in [1.165, 1.54) is 0 Å². The average molecular weight is 575 g/mol. The lowest BCUT2D eigenvalue weighted by Gasteiger charge is -2.24. The molecule has 1 atom stereocenters. The van der Waals surface area contributed by atoms with Crippen molar-refractivity contribution in [1.82, 2.24) is 5.32 Å². The van der Waals surface area contributed by atoms with Crippen molar-refractivity contribution in [3.8, 4) is 23.3 Å². The van der Waals surface area contributed by atoms with Crippen LogP contribution in [0.5, 0.6) is 17.2 Å². The number of rotatable bonds is 11. The molecule has 2 N–H and O–H groups in total. The van der Waals surface area contributed by atoms with Crippen molar-refractivity contribution < 1.29 is 32.0 Å². The largest absolute Gasteiger partial charge is 0.762 e. The highest BCUT2D eigenvalue weighted by Gasteiger charge is 2.27. The molecule has 1 amide bonds. The maximum atomic E-state index is 13.7. The first-order valence-electron chi connectivity index (χ1n) is 12.8. The van der Waals surface area contributed by atoms with Crippen molar-refractivity contribution in [1.29, 1.82) is 5.26 Å². The normalized spacial score (nSPS) is 10.7. The Labute approximate surface area is 243 Å². The highest BCUT2D eigenvalue weighted by atomic mass is 19.4. The second kappa shape index (κ2) is 16.2. The Kier molecular flexibility index (Phi) is 12.1. The molecule has 7 nitrogen and oxygen atoms in total. The van der Waals surface area contributed by atoms with Crippen LogP contribution in [-0.4, -0.2) is 27.7 Å². The minimum absolute atomic E-state index is 0.255. The summed E-state index contributed by atoms with van der Waals surface area (Å²) in [5.41, 5.74) is 3.74. The number of anilines is 1. The van der Waals surface area contributed by atoms with E-state index in [2.05, 4.69) is 16.7 Å². The van der Waals surface area contributed by atoms with Gasteiger partial charge in [0.15, 0.2) is 11.5 Å². The van der Waals surface area contributed by atoms with E-state index in [0.29, 0.717) is 47.2 Å². The third-order valence-electron chi connectivity index (χ3n) is 5.96. The number of ether oxygens (including phenoxy) is 3. The Hall–Kier alpha value is -5.11. The number of nitrogens with zero attached hydrogens (tertiary/aromatic N) is 1. The van der Waals surface area contributed by atoms with Gasteiger partial charge in [0.05, 0.1) is 25.9 Å². The molecule has 4 aromatic rings. The van der Waals surface area contributed by atoms with Gasteiger partial charge < -0.3 is 24.8 Å². The van der Waals surface area contributed by atoms with E-state index in [4.69, 9.17) is 14.2 Å². The van der Waals surface area contributed by atoms with Crippen LogP contribution in [0, 0.1) is 11.3 Å². The van der Waals surface area contributed by atoms with Crippen LogP contribution in [0.4, 0.5) is 18.6 Å². The lowest BCUT2D eigenvalue weighted by atomic mass is 10.0. The van der Waals surface area contributed by atoms with E-state index in [0.717, 1.165) is 11.1 Å². The summed E-state index contributed by atoms with van der Waals surface area (Å²) in [6.07, 6.45) is 0. The lowest BCUT2D eigenvalue weighted by Crippen LogP contribution is -2.33. The van der Waals surface area contributed by atoms with Gasteiger partial charge in [-0.15, -0.1) is 0 Å². The molecule has 0 aliphatic carbocycles. The van der Waals surface area contributed by atoms with E-state index in [1.807, 2.05) is 60.7 Å². The minimum atomic E-state index is -3.67. The van der Waals surface area contributed by atoms with Gasteiger partial charge in [-0.2, -0.15) is 5.26 Å². The van der Waals surface area contributed by atoms with Crippen LogP contribution in [-0.2, 0) is 17.9 Å². The molecule has 11 heteroatoms. The van der Waals surface area contributed by atoms with Gasteiger partial charge in [0.1, 0.15) is 18.4 Å². The Morgan fingerprint density at radius 3 is 1.93 bits per heavy atom. The van der Waals surface area contributed by atoms with Crippen LogP contribution in [0.2, 0.25) is 0 Å². The molecule has 0 aromatic heterocycles. The number of amides is 1. The molecule has 0 saturated heterocycles. The minimum Gasteiger partial charge on any atom is -0.493 e. The molecule has 0 spiro atoms. The smallest absolute Gasteiger partial charge is 0.493 e. The molecule has 0 radical (unpaired) electrons. The second-order valence-corrected chi connectivity index (χ2v) is 8.74. The van der Waals surface area contributed by atoms with Gasteiger partial charge in [0.2, 0.25) is 5.91 Å². The maximum Gasteiger partial charge on any atom is 0.762 e. The van der Waals surface area contributed by atoms with E-state index < -0.39 is 13.6 Å². The zero-order valence-electron chi connectivity index (χ0n) is 23.0. The summed E-state index contributed by atoms with van der Waals surface area (Å²) >= 11 is 0. The number of methoxy groups -OCH3 is 2. The van der Waals surface area contributed by atoms with Gasteiger partial charge in [0, 0.05) is 23.9 Å². The summed E-state index contributed by atoms with van der Waals surface area (Å²) < 4.78 is 46.3. The van der Waals surface area contributed by atoms with Crippen LogP contribution in [0.1, 0.15) is 28.3 Å². The van der Waals surface area contributed by atoms with Gasteiger partial charge >= 0.3 is 7.54 Å². The number of hydrogen-bond donors (Lipinski definition) is 2. The summed E-state index contributed by atoms with van der Waals surface area (Å²) in [6.45, 7) is 0.664. The van der Waals surface area contributed by atoms with Gasteiger partial charge in [-0.1, -0.05) is 60.7 Å². The van der Waals surface area contributed by atoms with E-state index in [9.17, 15) is 23.0 Å². The third-order valence-corrected chi connectivity index (χ3v) is 5.96. The van der Waals surface area contributed by atoms with Crippen molar-refractivity contribution in [3.05, 3.63) is 119 Å². The van der Waals surface area contributed by atoms with Crippen LogP contribution in [0.25, 0.3) is 0 Å². The van der Waals surface area contributed by atoms with Gasteiger partial charge in [-0.05, 0) is 41.5 Å². The number of nitrogens with one attached hydrogen (secondary N) is 2. The van der Waals surface area contributed by atoms with Crippen molar-refractivity contribution in [2.45, 2.75) is 19.2 Å². The Bertz CT molecular complexity index is 1450. The summed E-state index contributed by atoms with van der Waals surface area (Å²) in [6, 6.07) is 31.2. The number of nitriles is 1. The summed E-state index contributed by atoms with van der Waals surface area (Å²) in [4.78, 5) is 13.7. The third kappa shape index (κ3) is 9.52. The maximum absolute atomic E-state index is 13.7. The van der Waals surface area contributed by atoms with Crippen LogP contribution in [0.3, 0.4) is 0 Å². The number of benzene rings is 4. The van der Waals surface area contributed by atoms with Gasteiger partial charge in [-0.3, -0.25) is 17.7 Å². The molecule has 1 unspecified atom stereocenters. The number of hydrogen-bond acceptors (Lipinski definition) is 6. The summed E-state index contributed by atoms with van der Waals surface area (Å²) in [7, 11) is -0.567. The first-order chi connectivity index (χ1) is 20.3. The number of halogens is 3. The molecule has 42 heavy (non-hydrogen) atoms. The van der Waals surface area contributed by atoms with Crippen LogP contribution >= 0.6 is 0 Å². The molecule has 0 bridgehead atoms. The Morgan fingerprint density at radius 1 is 0.833 bits per heavy atom. The molecule has 0 fully saturated rings. The fraction of sp³-hybridized carbons (Fsp3) is 0.161. The quantitative estimate of drug-likeness (QED) is 0.198. The van der Waals surface area contributed by atoms with E-state index in [1.54, 1.807) is 50.6 Å². The number of carbonyl (C=O) groups excluding carboxylic acids is 1. The first-order valence-corrected chi connectivity index (χ1v) is 12.8. The first kappa shape index (κ1) is 31.4. The topological polar surface area (TPSA) is 92.6 Å². The van der Waals surface area contributed by atoms with Crippen molar-refractivity contribution in [2.24, 2.45) is 0 Å².